The van der Waals surface area contributed by atoms with Gasteiger partial charge in [0.25, 0.3) is 0 Å². The van der Waals surface area contributed by atoms with Crippen LogP contribution in [0.3, 0.4) is 0 Å². The van der Waals surface area contributed by atoms with E-state index in [-0.39, 0.29) is 32.0 Å². The van der Waals surface area contributed by atoms with Crippen molar-refractivity contribution in [3.8, 4) is 0 Å². The van der Waals surface area contributed by atoms with Crippen molar-refractivity contribution in [1.82, 2.24) is 0 Å². The lowest BCUT2D eigenvalue weighted by atomic mass is 10.0. The van der Waals surface area contributed by atoms with Gasteiger partial charge in [-0.25, -0.2) is 4.57 Å². The van der Waals surface area contributed by atoms with Crippen LogP contribution < -0.4 is 0 Å². The Kier molecular flexibility index (Phi) is 59.5. The van der Waals surface area contributed by atoms with Crippen LogP contribution in [0.15, 0.2) is 60.8 Å². The second-order valence-electron chi connectivity index (χ2n) is 24.2. The molecule has 0 radical (unpaired) electrons. The van der Waals surface area contributed by atoms with Crippen molar-refractivity contribution < 1.29 is 42.1 Å². The van der Waals surface area contributed by atoms with E-state index in [1.165, 1.54) is 212 Å². The number of esters is 2. The molecule has 9 nitrogen and oxygen atoms in total. The summed E-state index contributed by atoms with van der Waals surface area (Å²) in [5.41, 5.74) is 0. The summed E-state index contributed by atoms with van der Waals surface area (Å²) in [4.78, 5) is 35.7. The Balaban J connectivity index is 3.86. The molecule has 0 spiro atoms. The third kappa shape index (κ3) is 64.9. The van der Waals surface area contributed by atoms with E-state index < -0.39 is 26.5 Å². The molecule has 0 aliphatic carbocycles. The Labute approximate surface area is 496 Å². The van der Waals surface area contributed by atoms with Gasteiger partial charge >= 0.3 is 19.8 Å². The summed E-state index contributed by atoms with van der Waals surface area (Å²) < 4.78 is 34.6. The average Bonchev–Trinajstić information content (AvgIpc) is 3.42. The van der Waals surface area contributed by atoms with Crippen LogP contribution in [0.25, 0.3) is 0 Å². The third-order valence-corrected chi connectivity index (χ3v) is 16.0. The molecule has 80 heavy (non-hydrogen) atoms. The Morgan fingerprint density at radius 2 is 0.713 bits per heavy atom. The first-order valence-electron chi connectivity index (χ1n) is 34.0. The number of quaternary nitrogens is 1. The minimum absolute atomic E-state index is 0.0321. The van der Waals surface area contributed by atoms with Crippen LogP contribution in [-0.4, -0.2) is 74.9 Å². The van der Waals surface area contributed by atoms with Crippen molar-refractivity contribution in [3.05, 3.63) is 60.8 Å². The van der Waals surface area contributed by atoms with Crippen LogP contribution >= 0.6 is 7.82 Å². The van der Waals surface area contributed by atoms with Gasteiger partial charge in [0, 0.05) is 12.8 Å². The van der Waals surface area contributed by atoms with Gasteiger partial charge in [-0.1, -0.05) is 293 Å². The average molecular weight is 1150 g/mol. The number of nitrogens with zero attached hydrogens (tertiary/aromatic N) is 1. The summed E-state index contributed by atoms with van der Waals surface area (Å²) in [5.74, 6) is -0.793. The molecule has 0 amide bonds. The molecule has 10 heteroatoms. The molecule has 1 N–H and O–H groups in total. The molecule has 0 aliphatic rings. The van der Waals surface area contributed by atoms with Gasteiger partial charge in [-0.2, -0.15) is 0 Å². The molecule has 0 aliphatic heterocycles. The second kappa shape index (κ2) is 61.3. The third-order valence-electron chi connectivity index (χ3n) is 15.0. The fraction of sp³-hybridized carbons (Fsp3) is 0.829. The second-order valence-corrected chi connectivity index (χ2v) is 25.6. The lowest BCUT2D eigenvalue weighted by Gasteiger charge is -2.24. The van der Waals surface area contributed by atoms with Gasteiger partial charge in [-0.3, -0.25) is 18.6 Å². The van der Waals surface area contributed by atoms with Gasteiger partial charge < -0.3 is 18.9 Å². The number of phosphoric ester groups is 1. The molecule has 0 saturated carbocycles. The molecule has 0 saturated heterocycles. The summed E-state index contributed by atoms with van der Waals surface area (Å²) in [5, 5.41) is 0. The standard InChI is InChI=1S/C70H130NO8P/c1-6-8-10-12-14-16-18-20-22-23-24-25-26-27-28-29-30-31-32-33-34-35-36-37-38-39-40-41-42-43-44-45-46-47-49-51-53-55-57-59-61-63-70(73)79-68(67-78-80(74,75)77-65-64-71(3,4)5)66-76-69(72)62-60-58-56-54-52-50-48-21-19-17-15-13-11-9-7-2/h8,10,14,16,20-22,24-25,48,68H,6-7,9,11-13,15,17-19,23,26-47,49-67H2,1-5H3/p+1/b10-8-,16-14-,22-20-,25-24-,48-21-. The molecule has 0 heterocycles. The lowest BCUT2D eigenvalue weighted by molar-refractivity contribution is -0.870. The van der Waals surface area contributed by atoms with E-state index in [9.17, 15) is 19.0 Å². The lowest BCUT2D eigenvalue weighted by Crippen LogP contribution is -2.37. The molecule has 0 aromatic carbocycles. The summed E-state index contributed by atoms with van der Waals surface area (Å²) in [6, 6.07) is 0. The van der Waals surface area contributed by atoms with Crippen LogP contribution in [0, 0.1) is 0 Å². The number of ether oxygens (including phenoxy) is 2. The molecule has 2 atom stereocenters. The minimum atomic E-state index is -4.39. The first kappa shape index (κ1) is 77.7. The minimum Gasteiger partial charge on any atom is -0.462 e. The summed E-state index contributed by atoms with van der Waals surface area (Å²) in [6.45, 7) is 4.34. The monoisotopic (exact) mass is 1140 g/mol. The van der Waals surface area contributed by atoms with E-state index in [0.717, 1.165) is 77.0 Å². The van der Waals surface area contributed by atoms with Crippen molar-refractivity contribution in [3.63, 3.8) is 0 Å². The van der Waals surface area contributed by atoms with Gasteiger partial charge in [0.2, 0.25) is 0 Å². The van der Waals surface area contributed by atoms with Crippen LogP contribution in [0.2, 0.25) is 0 Å². The Morgan fingerprint density at radius 3 is 1.07 bits per heavy atom. The smallest absolute Gasteiger partial charge is 0.462 e. The maximum Gasteiger partial charge on any atom is 0.472 e. The number of allylic oxidation sites excluding steroid dienone is 10. The Hall–Kier alpha value is -2.29. The van der Waals surface area contributed by atoms with Crippen molar-refractivity contribution in [2.24, 2.45) is 0 Å². The SMILES string of the molecule is CC/C=C\C/C=C\C/C=C\C/C=C\CCCCCCCCCCCCCCCCCCCCCCCCCCCCCCC(=O)OC(COC(=O)CCCCCCC/C=C\CCCCCCCC)COP(=O)(O)OCC[N+](C)(C)C. The van der Waals surface area contributed by atoms with E-state index in [4.69, 9.17) is 18.5 Å². The largest absolute Gasteiger partial charge is 0.472 e. The van der Waals surface area contributed by atoms with Crippen molar-refractivity contribution in [2.45, 2.75) is 328 Å². The van der Waals surface area contributed by atoms with Crippen molar-refractivity contribution in [2.75, 3.05) is 47.5 Å². The zero-order valence-electron chi connectivity index (χ0n) is 53.3. The van der Waals surface area contributed by atoms with Crippen molar-refractivity contribution in [1.29, 1.82) is 0 Å². The fourth-order valence-electron chi connectivity index (χ4n) is 9.83. The molecule has 0 bridgehead atoms. The number of carbonyl (C=O) groups excluding carboxylic acids is 2. The van der Waals surface area contributed by atoms with E-state index >= 15 is 0 Å². The number of rotatable bonds is 63. The van der Waals surface area contributed by atoms with E-state index in [2.05, 4.69) is 74.6 Å². The molecule has 0 fully saturated rings. The van der Waals surface area contributed by atoms with Crippen LogP contribution in [0.5, 0.6) is 0 Å². The quantitative estimate of drug-likeness (QED) is 0.0211. The van der Waals surface area contributed by atoms with Crippen LogP contribution in [0.4, 0.5) is 0 Å². The zero-order chi connectivity index (χ0) is 58.4. The Morgan fingerprint density at radius 1 is 0.400 bits per heavy atom. The summed E-state index contributed by atoms with van der Waals surface area (Å²) in [7, 11) is 1.49. The highest BCUT2D eigenvalue weighted by atomic mass is 31.2. The van der Waals surface area contributed by atoms with Gasteiger partial charge in [0.1, 0.15) is 19.8 Å². The molecule has 2 unspecified atom stereocenters. The summed E-state index contributed by atoms with van der Waals surface area (Å²) >= 11 is 0. The molecule has 0 aromatic rings. The van der Waals surface area contributed by atoms with Crippen LogP contribution in [0.1, 0.15) is 322 Å². The number of carbonyl (C=O) groups is 2. The van der Waals surface area contributed by atoms with E-state index in [1.807, 2.05) is 21.1 Å². The van der Waals surface area contributed by atoms with Gasteiger partial charge in [0.15, 0.2) is 6.10 Å². The number of likely N-dealkylation sites (N-methyl/N-ethyl adjacent to an activating group) is 1. The van der Waals surface area contributed by atoms with E-state index in [1.54, 1.807) is 0 Å². The highest BCUT2D eigenvalue weighted by Crippen LogP contribution is 2.43. The Bertz CT molecular complexity index is 1530. The molecule has 0 rings (SSSR count). The zero-order valence-corrected chi connectivity index (χ0v) is 54.2. The molecule has 0 aromatic heterocycles. The maximum atomic E-state index is 12.8. The summed E-state index contributed by atoms with van der Waals surface area (Å²) in [6.07, 6.45) is 80.6. The highest BCUT2D eigenvalue weighted by molar-refractivity contribution is 7.47. The predicted molar refractivity (Wildman–Crippen MR) is 344 cm³/mol. The molecular formula is C70H131NO8P+. The van der Waals surface area contributed by atoms with Gasteiger partial charge in [-0.05, 0) is 77.0 Å². The first-order valence-corrected chi connectivity index (χ1v) is 35.5. The highest BCUT2D eigenvalue weighted by Gasteiger charge is 2.27. The predicted octanol–water partition coefficient (Wildman–Crippen LogP) is 21.8. The van der Waals surface area contributed by atoms with E-state index in [0.29, 0.717) is 17.4 Å². The number of hydrogen-bond acceptors (Lipinski definition) is 7. The number of unbranched alkanes of at least 4 members (excludes halogenated alkanes) is 39. The normalized spacial score (nSPS) is 13.5. The van der Waals surface area contributed by atoms with Crippen LogP contribution in [-0.2, 0) is 32.7 Å². The maximum absolute atomic E-state index is 12.8. The fourth-order valence-corrected chi connectivity index (χ4v) is 10.6. The molecule has 468 valence electrons. The number of hydrogen-bond donors (Lipinski definition) is 1. The van der Waals surface area contributed by atoms with Gasteiger partial charge in [0.05, 0.1) is 27.7 Å². The molecular weight excluding hydrogens is 1010 g/mol. The van der Waals surface area contributed by atoms with Gasteiger partial charge in [-0.15, -0.1) is 0 Å². The topological polar surface area (TPSA) is 108 Å². The first-order chi connectivity index (χ1) is 39.0. The van der Waals surface area contributed by atoms with Crippen molar-refractivity contribution >= 4 is 19.8 Å². The number of phosphoric acid groups is 1.